The molecule has 0 aromatic rings. The Morgan fingerprint density at radius 2 is 2.31 bits per heavy atom. The Labute approximate surface area is 96.9 Å². The monoisotopic (exact) mass is 230 g/mol. The summed E-state index contributed by atoms with van der Waals surface area (Å²) in [5.74, 6) is 0.116. The number of methoxy groups -OCH3 is 1. The minimum Gasteiger partial charge on any atom is -0.385 e. The number of carbonyl (C=O) groups is 1. The van der Waals surface area contributed by atoms with E-state index in [1.807, 2.05) is 0 Å². The van der Waals surface area contributed by atoms with Crippen LogP contribution < -0.4 is 10.6 Å². The van der Waals surface area contributed by atoms with Crippen molar-refractivity contribution in [2.45, 2.75) is 25.3 Å². The van der Waals surface area contributed by atoms with Crippen molar-refractivity contribution in [3.05, 3.63) is 0 Å². The van der Waals surface area contributed by atoms with Gasteiger partial charge in [0, 0.05) is 33.4 Å². The highest BCUT2D eigenvalue weighted by molar-refractivity contribution is 5.82. The molecule has 0 spiro atoms. The average molecular weight is 230 g/mol. The van der Waals surface area contributed by atoms with Crippen molar-refractivity contribution in [3.63, 3.8) is 0 Å². The molecule has 94 valence electrons. The second-order valence-electron chi connectivity index (χ2n) is 3.90. The minimum absolute atomic E-state index is 0.0312. The Bertz CT molecular complexity index is 200. The Hall–Kier alpha value is -0.650. The molecule has 0 aromatic heterocycles. The molecular weight excluding hydrogens is 208 g/mol. The zero-order chi connectivity index (χ0) is 11.6. The van der Waals surface area contributed by atoms with Gasteiger partial charge in [0.1, 0.15) is 0 Å². The number of ether oxygens (including phenoxy) is 2. The van der Waals surface area contributed by atoms with Gasteiger partial charge in [-0.05, 0) is 19.3 Å². The number of hydrogen-bond donors (Lipinski definition) is 2. The van der Waals surface area contributed by atoms with Crippen LogP contribution in [0, 0.1) is 0 Å². The first-order valence-electron chi connectivity index (χ1n) is 5.92. The van der Waals surface area contributed by atoms with Crippen molar-refractivity contribution < 1.29 is 14.3 Å². The summed E-state index contributed by atoms with van der Waals surface area (Å²) in [5.41, 5.74) is 0. The van der Waals surface area contributed by atoms with Gasteiger partial charge >= 0.3 is 0 Å². The molecule has 1 aliphatic heterocycles. The van der Waals surface area contributed by atoms with Crippen LogP contribution in [0.15, 0.2) is 0 Å². The Morgan fingerprint density at radius 1 is 1.44 bits per heavy atom. The summed E-state index contributed by atoms with van der Waals surface area (Å²) in [6.45, 7) is 3.63. The maximum atomic E-state index is 11.4. The summed E-state index contributed by atoms with van der Waals surface area (Å²) in [4.78, 5) is 11.4. The van der Waals surface area contributed by atoms with Gasteiger partial charge < -0.3 is 20.1 Å². The SMILES string of the molecule is COCCCOCCNC1CCCNC1=O. The van der Waals surface area contributed by atoms with Gasteiger partial charge in [-0.25, -0.2) is 0 Å². The number of nitrogens with one attached hydrogen (secondary N) is 2. The molecule has 0 aliphatic carbocycles. The van der Waals surface area contributed by atoms with E-state index in [1.165, 1.54) is 0 Å². The van der Waals surface area contributed by atoms with Crippen LogP contribution in [-0.2, 0) is 14.3 Å². The Kier molecular flexibility index (Phi) is 7.12. The van der Waals surface area contributed by atoms with Crippen LogP contribution in [0.1, 0.15) is 19.3 Å². The van der Waals surface area contributed by atoms with Gasteiger partial charge in [-0.3, -0.25) is 4.79 Å². The standard InChI is InChI=1S/C11H22N2O3/c1-15-7-3-8-16-9-6-12-10-4-2-5-13-11(10)14/h10,12H,2-9H2,1H3,(H,13,14). The lowest BCUT2D eigenvalue weighted by Gasteiger charge is -2.22. The fourth-order valence-corrected chi connectivity index (χ4v) is 1.68. The van der Waals surface area contributed by atoms with Crippen molar-refractivity contribution in [1.29, 1.82) is 0 Å². The van der Waals surface area contributed by atoms with Gasteiger partial charge in [-0.2, -0.15) is 0 Å². The van der Waals surface area contributed by atoms with E-state index in [9.17, 15) is 4.79 Å². The van der Waals surface area contributed by atoms with Crippen molar-refractivity contribution in [3.8, 4) is 0 Å². The molecule has 0 radical (unpaired) electrons. The van der Waals surface area contributed by atoms with Gasteiger partial charge in [0.25, 0.3) is 0 Å². The van der Waals surface area contributed by atoms with E-state index in [1.54, 1.807) is 7.11 Å². The van der Waals surface area contributed by atoms with E-state index >= 15 is 0 Å². The molecule has 1 rings (SSSR count). The molecule has 1 aliphatic rings. The van der Waals surface area contributed by atoms with Crippen molar-refractivity contribution >= 4 is 5.91 Å². The molecule has 2 N–H and O–H groups in total. The topological polar surface area (TPSA) is 59.6 Å². The van der Waals surface area contributed by atoms with E-state index in [0.29, 0.717) is 13.2 Å². The zero-order valence-electron chi connectivity index (χ0n) is 9.96. The van der Waals surface area contributed by atoms with E-state index in [2.05, 4.69) is 10.6 Å². The molecule has 5 heteroatoms. The molecule has 5 nitrogen and oxygen atoms in total. The fourth-order valence-electron chi connectivity index (χ4n) is 1.68. The number of amides is 1. The van der Waals surface area contributed by atoms with E-state index in [0.717, 1.165) is 39.0 Å². The third kappa shape index (κ3) is 5.44. The summed E-state index contributed by atoms with van der Waals surface area (Å²) in [6, 6.07) is -0.0312. The molecule has 16 heavy (non-hydrogen) atoms. The highest BCUT2D eigenvalue weighted by Gasteiger charge is 2.20. The van der Waals surface area contributed by atoms with Gasteiger partial charge in [0.05, 0.1) is 12.6 Å². The Balaban J connectivity index is 1.92. The first kappa shape index (κ1) is 13.4. The summed E-state index contributed by atoms with van der Waals surface area (Å²) < 4.78 is 10.3. The molecule has 0 aromatic carbocycles. The minimum atomic E-state index is -0.0312. The summed E-state index contributed by atoms with van der Waals surface area (Å²) in [7, 11) is 1.68. The maximum Gasteiger partial charge on any atom is 0.237 e. The van der Waals surface area contributed by atoms with Crippen molar-refractivity contribution in [2.75, 3.05) is 40.0 Å². The lowest BCUT2D eigenvalue weighted by molar-refractivity contribution is -0.124. The Morgan fingerprint density at radius 3 is 3.06 bits per heavy atom. The van der Waals surface area contributed by atoms with E-state index < -0.39 is 0 Å². The number of hydrogen-bond acceptors (Lipinski definition) is 4. The van der Waals surface area contributed by atoms with Crippen LogP contribution >= 0.6 is 0 Å². The fraction of sp³-hybridized carbons (Fsp3) is 0.909. The molecule has 1 fully saturated rings. The van der Waals surface area contributed by atoms with Gasteiger partial charge in [0.15, 0.2) is 0 Å². The normalized spacial score (nSPS) is 20.8. The lowest BCUT2D eigenvalue weighted by atomic mass is 10.1. The third-order valence-corrected chi connectivity index (χ3v) is 2.56. The van der Waals surface area contributed by atoms with E-state index in [4.69, 9.17) is 9.47 Å². The van der Waals surface area contributed by atoms with Crippen LogP contribution in [0.5, 0.6) is 0 Å². The molecule has 1 heterocycles. The third-order valence-electron chi connectivity index (χ3n) is 2.56. The predicted octanol–water partition coefficient (Wildman–Crippen LogP) is -0.0923. The first-order valence-corrected chi connectivity index (χ1v) is 5.92. The number of carbonyl (C=O) groups excluding carboxylic acids is 1. The van der Waals surface area contributed by atoms with Gasteiger partial charge in [0.2, 0.25) is 5.91 Å². The summed E-state index contributed by atoms with van der Waals surface area (Å²) in [5, 5.41) is 6.04. The number of rotatable bonds is 8. The largest absolute Gasteiger partial charge is 0.385 e. The molecule has 0 saturated carbocycles. The van der Waals surface area contributed by atoms with Crippen LogP contribution in [0.2, 0.25) is 0 Å². The van der Waals surface area contributed by atoms with Crippen LogP contribution in [0.25, 0.3) is 0 Å². The van der Waals surface area contributed by atoms with Crippen molar-refractivity contribution in [2.24, 2.45) is 0 Å². The van der Waals surface area contributed by atoms with Crippen LogP contribution in [-0.4, -0.2) is 52.0 Å². The maximum absolute atomic E-state index is 11.4. The highest BCUT2D eigenvalue weighted by Crippen LogP contribution is 2.01. The average Bonchev–Trinajstić information content (AvgIpc) is 2.30. The molecule has 0 bridgehead atoms. The van der Waals surface area contributed by atoms with Crippen LogP contribution in [0.4, 0.5) is 0 Å². The van der Waals surface area contributed by atoms with E-state index in [-0.39, 0.29) is 11.9 Å². The molecule has 1 unspecified atom stereocenters. The van der Waals surface area contributed by atoms with Crippen LogP contribution in [0.3, 0.4) is 0 Å². The summed E-state index contributed by atoms with van der Waals surface area (Å²) in [6.07, 6.45) is 2.90. The summed E-state index contributed by atoms with van der Waals surface area (Å²) >= 11 is 0. The second-order valence-corrected chi connectivity index (χ2v) is 3.90. The molecule has 1 saturated heterocycles. The van der Waals surface area contributed by atoms with Gasteiger partial charge in [-0.15, -0.1) is 0 Å². The zero-order valence-corrected chi connectivity index (χ0v) is 9.96. The van der Waals surface area contributed by atoms with Gasteiger partial charge in [-0.1, -0.05) is 0 Å². The second kappa shape index (κ2) is 8.50. The highest BCUT2D eigenvalue weighted by atomic mass is 16.5. The quantitative estimate of drug-likeness (QED) is 0.572. The molecular formula is C11H22N2O3. The smallest absolute Gasteiger partial charge is 0.237 e. The van der Waals surface area contributed by atoms with Crippen molar-refractivity contribution in [1.82, 2.24) is 10.6 Å². The first-order chi connectivity index (χ1) is 7.84. The molecule has 1 amide bonds. The predicted molar refractivity (Wildman–Crippen MR) is 61.3 cm³/mol. The number of piperidine rings is 1. The lowest BCUT2D eigenvalue weighted by Crippen LogP contribution is -2.49. The molecule has 1 atom stereocenters.